The number of methoxy groups -OCH3 is 1. The van der Waals surface area contributed by atoms with E-state index >= 15 is 0 Å². The number of amides is 3. The third-order valence-electron chi connectivity index (χ3n) is 4.52. The van der Waals surface area contributed by atoms with Crippen LogP contribution >= 0.6 is 0 Å². The van der Waals surface area contributed by atoms with Gasteiger partial charge in [0, 0.05) is 38.0 Å². The Morgan fingerprint density at radius 2 is 1.78 bits per heavy atom. The van der Waals surface area contributed by atoms with Crippen LogP contribution in [0.3, 0.4) is 0 Å². The number of hydrogen-bond acceptors (Lipinski definition) is 3. The molecule has 1 fully saturated rings. The number of nitrogens with zero attached hydrogens (tertiary/aromatic N) is 1. The van der Waals surface area contributed by atoms with Gasteiger partial charge in [0.25, 0.3) is 5.91 Å². The summed E-state index contributed by atoms with van der Waals surface area (Å²) in [4.78, 5) is 26.4. The van der Waals surface area contributed by atoms with Gasteiger partial charge in [0.15, 0.2) is 0 Å². The molecule has 0 atom stereocenters. The summed E-state index contributed by atoms with van der Waals surface area (Å²) in [5.74, 6) is -0.139. The number of carbonyl (C=O) groups is 2. The summed E-state index contributed by atoms with van der Waals surface area (Å²) < 4.78 is 5.10. The van der Waals surface area contributed by atoms with E-state index in [2.05, 4.69) is 10.6 Å². The van der Waals surface area contributed by atoms with E-state index in [4.69, 9.17) is 4.74 Å². The third-order valence-corrected chi connectivity index (χ3v) is 4.52. The number of rotatable bonds is 6. The van der Waals surface area contributed by atoms with Crippen LogP contribution in [0.4, 0.5) is 10.5 Å². The van der Waals surface area contributed by atoms with E-state index in [0.717, 1.165) is 42.7 Å². The van der Waals surface area contributed by atoms with Crippen LogP contribution in [0.25, 0.3) is 0 Å². The lowest BCUT2D eigenvalue weighted by Crippen LogP contribution is -2.32. The van der Waals surface area contributed by atoms with Crippen LogP contribution in [-0.2, 0) is 17.9 Å². The Labute approximate surface area is 159 Å². The number of carbonyl (C=O) groups excluding carboxylic acids is 2. The second-order valence-electron chi connectivity index (χ2n) is 6.64. The monoisotopic (exact) mass is 367 g/mol. The molecule has 0 radical (unpaired) electrons. The highest BCUT2D eigenvalue weighted by molar-refractivity contribution is 5.94. The molecule has 0 aromatic heterocycles. The molecule has 6 heteroatoms. The predicted octanol–water partition coefficient (Wildman–Crippen LogP) is 3.39. The maximum Gasteiger partial charge on any atom is 0.321 e. The molecule has 0 spiro atoms. The zero-order valence-electron chi connectivity index (χ0n) is 15.5. The predicted molar refractivity (Wildman–Crippen MR) is 105 cm³/mol. The zero-order valence-corrected chi connectivity index (χ0v) is 15.5. The summed E-state index contributed by atoms with van der Waals surface area (Å²) in [7, 11) is 1.63. The van der Waals surface area contributed by atoms with E-state index in [1.54, 1.807) is 13.2 Å². The van der Waals surface area contributed by atoms with Crippen molar-refractivity contribution in [2.24, 2.45) is 0 Å². The van der Waals surface area contributed by atoms with E-state index in [9.17, 15) is 9.59 Å². The summed E-state index contributed by atoms with van der Waals surface area (Å²) in [5.41, 5.74) is 3.22. The average Bonchev–Trinajstić information content (AvgIpc) is 3.22. The van der Waals surface area contributed by atoms with Crippen molar-refractivity contribution in [3.8, 4) is 0 Å². The highest BCUT2D eigenvalue weighted by Crippen LogP contribution is 2.14. The standard InChI is InChI=1S/C21H25N3O3/c1-27-15-17-7-4-8-18(12-17)20(25)22-14-16-6-5-9-19(13-16)23-21(26)24-10-2-3-11-24/h4-9,12-13H,2-3,10-11,14-15H2,1H3,(H,22,25)(H,23,26). The van der Waals surface area contributed by atoms with Gasteiger partial charge >= 0.3 is 6.03 Å². The Kier molecular flexibility index (Phi) is 6.44. The van der Waals surface area contributed by atoms with Crippen LogP contribution in [0.1, 0.15) is 34.3 Å². The number of ether oxygens (including phenoxy) is 1. The summed E-state index contributed by atoms with van der Waals surface area (Å²) in [6, 6.07) is 14.8. The second kappa shape index (κ2) is 9.19. The molecule has 2 aromatic rings. The first kappa shape index (κ1) is 18.9. The Balaban J connectivity index is 1.57. The number of nitrogens with one attached hydrogen (secondary N) is 2. The maximum atomic E-state index is 12.4. The molecular formula is C21H25N3O3. The lowest BCUT2D eigenvalue weighted by atomic mass is 10.1. The van der Waals surface area contributed by atoms with E-state index in [0.29, 0.717) is 18.7 Å². The highest BCUT2D eigenvalue weighted by atomic mass is 16.5. The molecule has 1 aliphatic heterocycles. The van der Waals surface area contributed by atoms with E-state index in [1.165, 1.54) is 0 Å². The Bertz CT molecular complexity index is 801. The van der Waals surface area contributed by atoms with Crippen molar-refractivity contribution in [2.45, 2.75) is 26.0 Å². The van der Waals surface area contributed by atoms with E-state index in [-0.39, 0.29) is 11.9 Å². The van der Waals surface area contributed by atoms with Crippen molar-refractivity contribution < 1.29 is 14.3 Å². The smallest absolute Gasteiger partial charge is 0.321 e. The molecule has 6 nitrogen and oxygen atoms in total. The maximum absolute atomic E-state index is 12.4. The summed E-state index contributed by atoms with van der Waals surface area (Å²) >= 11 is 0. The fourth-order valence-corrected chi connectivity index (χ4v) is 3.14. The quantitative estimate of drug-likeness (QED) is 0.822. The van der Waals surface area contributed by atoms with Crippen LogP contribution in [-0.4, -0.2) is 37.0 Å². The van der Waals surface area contributed by atoms with Crippen molar-refractivity contribution in [1.82, 2.24) is 10.2 Å². The molecule has 1 heterocycles. The van der Waals surface area contributed by atoms with Crippen molar-refractivity contribution in [1.29, 1.82) is 0 Å². The molecule has 27 heavy (non-hydrogen) atoms. The molecule has 0 bridgehead atoms. The molecule has 0 saturated carbocycles. The summed E-state index contributed by atoms with van der Waals surface area (Å²) in [6.07, 6.45) is 2.12. The van der Waals surface area contributed by atoms with Crippen molar-refractivity contribution >= 4 is 17.6 Å². The van der Waals surface area contributed by atoms with E-state index in [1.807, 2.05) is 47.4 Å². The molecular weight excluding hydrogens is 342 g/mol. The van der Waals surface area contributed by atoms with Crippen LogP contribution < -0.4 is 10.6 Å². The number of likely N-dealkylation sites (tertiary alicyclic amines) is 1. The molecule has 142 valence electrons. The minimum absolute atomic E-state index is 0.0661. The van der Waals surface area contributed by atoms with Gasteiger partial charge in [-0.05, 0) is 48.2 Å². The van der Waals surface area contributed by atoms with Gasteiger partial charge in [-0.3, -0.25) is 4.79 Å². The normalized spacial score (nSPS) is 13.4. The number of anilines is 1. The second-order valence-corrected chi connectivity index (χ2v) is 6.64. The van der Waals surface area contributed by atoms with Crippen molar-refractivity contribution in [3.05, 3.63) is 65.2 Å². The molecule has 2 aromatic carbocycles. The molecule has 0 unspecified atom stereocenters. The molecule has 1 aliphatic rings. The van der Waals surface area contributed by atoms with Gasteiger partial charge in [-0.25, -0.2) is 4.79 Å². The molecule has 3 amide bonds. The Morgan fingerprint density at radius 1 is 1.04 bits per heavy atom. The van der Waals surface area contributed by atoms with Gasteiger partial charge in [0.1, 0.15) is 0 Å². The minimum Gasteiger partial charge on any atom is -0.380 e. The average molecular weight is 367 g/mol. The minimum atomic E-state index is -0.139. The molecule has 1 saturated heterocycles. The Hall–Kier alpha value is -2.86. The van der Waals surface area contributed by atoms with Gasteiger partial charge < -0.3 is 20.3 Å². The van der Waals surface area contributed by atoms with Gasteiger partial charge in [0.2, 0.25) is 0 Å². The number of urea groups is 1. The first-order valence-electron chi connectivity index (χ1n) is 9.16. The first-order valence-corrected chi connectivity index (χ1v) is 9.16. The highest BCUT2D eigenvalue weighted by Gasteiger charge is 2.17. The first-order chi connectivity index (χ1) is 13.2. The van der Waals surface area contributed by atoms with Crippen molar-refractivity contribution in [3.63, 3.8) is 0 Å². The lowest BCUT2D eigenvalue weighted by Gasteiger charge is -2.16. The third kappa shape index (κ3) is 5.31. The largest absolute Gasteiger partial charge is 0.380 e. The van der Waals surface area contributed by atoms with Crippen LogP contribution in [0, 0.1) is 0 Å². The van der Waals surface area contributed by atoms with Crippen LogP contribution in [0.5, 0.6) is 0 Å². The van der Waals surface area contributed by atoms with Crippen molar-refractivity contribution in [2.75, 3.05) is 25.5 Å². The Morgan fingerprint density at radius 3 is 2.56 bits per heavy atom. The molecule has 2 N–H and O–H groups in total. The zero-order chi connectivity index (χ0) is 19.1. The lowest BCUT2D eigenvalue weighted by molar-refractivity contribution is 0.0950. The fourth-order valence-electron chi connectivity index (χ4n) is 3.14. The van der Waals surface area contributed by atoms with Gasteiger partial charge in [-0.2, -0.15) is 0 Å². The molecule has 3 rings (SSSR count). The number of hydrogen-bond donors (Lipinski definition) is 2. The summed E-state index contributed by atoms with van der Waals surface area (Å²) in [5, 5.41) is 5.84. The fraction of sp³-hybridized carbons (Fsp3) is 0.333. The molecule has 0 aliphatic carbocycles. The van der Waals surface area contributed by atoms with Gasteiger partial charge in [-0.15, -0.1) is 0 Å². The van der Waals surface area contributed by atoms with Gasteiger partial charge in [-0.1, -0.05) is 24.3 Å². The van der Waals surface area contributed by atoms with Crippen LogP contribution in [0.15, 0.2) is 48.5 Å². The van der Waals surface area contributed by atoms with Gasteiger partial charge in [0.05, 0.1) is 6.61 Å². The topological polar surface area (TPSA) is 70.7 Å². The number of benzene rings is 2. The summed E-state index contributed by atoms with van der Waals surface area (Å²) in [6.45, 7) is 2.48. The SMILES string of the molecule is COCc1cccc(C(=O)NCc2cccc(NC(=O)N3CCCC3)c2)c1. The van der Waals surface area contributed by atoms with Crippen LogP contribution in [0.2, 0.25) is 0 Å². The van der Waals surface area contributed by atoms with E-state index < -0.39 is 0 Å².